The van der Waals surface area contributed by atoms with E-state index in [4.69, 9.17) is 11.6 Å². The minimum absolute atomic E-state index is 0.0373. The number of benzene rings is 1. The van der Waals surface area contributed by atoms with Crippen LogP contribution in [-0.2, 0) is 20.8 Å². The first-order chi connectivity index (χ1) is 14.2. The number of carbonyl (C=O) groups excluding carboxylic acids is 3. The zero-order valence-electron chi connectivity index (χ0n) is 17.7. The lowest BCUT2D eigenvalue weighted by atomic mass is 9.85. The number of rotatable bonds is 4. The van der Waals surface area contributed by atoms with Crippen LogP contribution < -0.4 is 5.32 Å². The van der Waals surface area contributed by atoms with E-state index in [1.165, 1.54) is 4.90 Å². The summed E-state index contributed by atoms with van der Waals surface area (Å²) < 4.78 is 0. The molecule has 2 N–H and O–H groups in total. The first-order valence-electron chi connectivity index (χ1n) is 10.3. The predicted molar refractivity (Wildman–Crippen MR) is 115 cm³/mol. The quantitative estimate of drug-likeness (QED) is 0.781. The maximum absolute atomic E-state index is 13.4. The molecule has 4 rings (SSSR count). The Bertz CT molecular complexity index is 1030. The van der Waals surface area contributed by atoms with E-state index in [2.05, 4.69) is 24.1 Å². The fourth-order valence-electron chi connectivity index (χ4n) is 4.61. The van der Waals surface area contributed by atoms with Gasteiger partial charge in [0.15, 0.2) is 0 Å². The lowest BCUT2D eigenvalue weighted by molar-refractivity contribution is -0.155. The Hall–Kier alpha value is -2.54. The Morgan fingerprint density at radius 2 is 2.03 bits per heavy atom. The monoisotopic (exact) mass is 430 g/mol. The van der Waals surface area contributed by atoms with Crippen molar-refractivity contribution in [3.8, 4) is 0 Å². The van der Waals surface area contributed by atoms with E-state index in [0.29, 0.717) is 17.4 Å². The van der Waals surface area contributed by atoms with E-state index in [-0.39, 0.29) is 30.2 Å². The van der Waals surface area contributed by atoms with Gasteiger partial charge in [-0.2, -0.15) is 0 Å². The Kier molecular flexibility index (Phi) is 5.26. The van der Waals surface area contributed by atoms with Crippen molar-refractivity contribution in [3.05, 3.63) is 34.5 Å². The largest absolute Gasteiger partial charge is 0.356 e. The smallest absolute Gasteiger partial charge is 0.246 e. The molecule has 1 aromatic heterocycles. The van der Waals surface area contributed by atoms with E-state index < -0.39 is 12.1 Å². The number of halogens is 1. The van der Waals surface area contributed by atoms with Crippen LogP contribution in [0.25, 0.3) is 10.9 Å². The molecule has 2 aliphatic heterocycles. The van der Waals surface area contributed by atoms with Gasteiger partial charge in [0.25, 0.3) is 0 Å². The number of nitrogens with one attached hydrogen (secondary N) is 2. The van der Waals surface area contributed by atoms with Gasteiger partial charge in [-0.3, -0.25) is 14.4 Å². The van der Waals surface area contributed by atoms with Gasteiger partial charge >= 0.3 is 0 Å². The van der Waals surface area contributed by atoms with E-state index in [0.717, 1.165) is 28.6 Å². The van der Waals surface area contributed by atoms with Crippen LogP contribution in [-0.4, -0.2) is 58.7 Å². The van der Waals surface area contributed by atoms with E-state index in [9.17, 15) is 14.4 Å². The van der Waals surface area contributed by atoms with Crippen molar-refractivity contribution in [1.82, 2.24) is 20.1 Å². The van der Waals surface area contributed by atoms with Gasteiger partial charge in [0.05, 0.1) is 12.5 Å². The predicted octanol–water partition coefficient (Wildman–Crippen LogP) is 2.64. The molecular weight excluding hydrogens is 404 g/mol. The number of nitrogens with zero attached hydrogens (tertiary/aromatic N) is 2. The lowest BCUT2D eigenvalue weighted by Gasteiger charge is -2.46. The molecule has 7 nitrogen and oxygen atoms in total. The average molecular weight is 431 g/mol. The second-order valence-corrected chi connectivity index (χ2v) is 9.31. The van der Waals surface area contributed by atoms with Crippen molar-refractivity contribution in [2.75, 3.05) is 14.1 Å². The molecular formula is C22H27ClN4O3. The third-order valence-electron chi connectivity index (χ3n) is 6.05. The second kappa shape index (κ2) is 7.61. The maximum Gasteiger partial charge on any atom is 0.246 e. The molecule has 1 saturated heterocycles. The maximum atomic E-state index is 13.4. The molecule has 3 atom stereocenters. The summed E-state index contributed by atoms with van der Waals surface area (Å²) in [7, 11) is 3.29. The molecule has 3 heterocycles. The molecule has 2 aromatic rings. The number of carbonyl (C=O) groups is 3. The van der Waals surface area contributed by atoms with Crippen molar-refractivity contribution >= 4 is 40.2 Å². The molecule has 160 valence electrons. The van der Waals surface area contributed by atoms with Crippen molar-refractivity contribution in [2.45, 2.75) is 51.2 Å². The molecule has 8 heteroatoms. The highest BCUT2D eigenvalue weighted by atomic mass is 35.5. The number of amides is 3. The molecule has 0 spiro atoms. The number of aromatic nitrogens is 1. The highest BCUT2D eigenvalue weighted by Crippen LogP contribution is 2.42. The van der Waals surface area contributed by atoms with Gasteiger partial charge < -0.3 is 20.1 Å². The van der Waals surface area contributed by atoms with Crippen LogP contribution in [0.4, 0.5) is 0 Å². The van der Waals surface area contributed by atoms with Gasteiger partial charge in [0.2, 0.25) is 17.7 Å². The number of piperazine rings is 1. The van der Waals surface area contributed by atoms with Crippen LogP contribution >= 0.6 is 11.6 Å². The molecule has 0 bridgehead atoms. The molecule has 1 fully saturated rings. The van der Waals surface area contributed by atoms with Gasteiger partial charge in [-0.25, -0.2) is 0 Å². The third-order valence-corrected chi connectivity index (χ3v) is 6.28. The topological polar surface area (TPSA) is 85.5 Å². The number of fused-ring (bicyclic) bond motifs is 4. The number of hydrogen-bond acceptors (Lipinski definition) is 3. The molecule has 0 radical (unpaired) electrons. The minimum atomic E-state index is -0.835. The lowest BCUT2D eigenvalue weighted by Crippen LogP contribution is -2.66. The van der Waals surface area contributed by atoms with Gasteiger partial charge in [-0.1, -0.05) is 31.5 Å². The van der Waals surface area contributed by atoms with Crippen molar-refractivity contribution in [2.24, 2.45) is 5.92 Å². The van der Waals surface area contributed by atoms with E-state index >= 15 is 0 Å². The first kappa shape index (κ1) is 20.7. The van der Waals surface area contributed by atoms with Crippen molar-refractivity contribution < 1.29 is 14.4 Å². The second-order valence-electron chi connectivity index (χ2n) is 8.87. The summed E-state index contributed by atoms with van der Waals surface area (Å²) in [6, 6.07) is 4.03. The van der Waals surface area contributed by atoms with E-state index in [1.54, 1.807) is 19.0 Å². The Labute approximate surface area is 180 Å². The summed E-state index contributed by atoms with van der Waals surface area (Å²) in [6.45, 7) is 4.20. The zero-order chi connectivity index (χ0) is 21.7. The zero-order valence-corrected chi connectivity index (χ0v) is 18.4. The van der Waals surface area contributed by atoms with E-state index in [1.807, 2.05) is 18.2 Å². The summed E-state index contributed by atoms with van der Waals surface area (Å²) in [6.07, 6.45) is 1.12. The van der Waals surface area contributed by atoms with Crippen LogP contribution in [0.3, 0.4) is 0 Å². The Morgan fingerprint density at radius 3 is 2.70 bits per heavy atom. The third kappa shape index (κ3) is 3.45. The number of aromatic amines is 1. The molecule has 1 aromatic carbocycles. The standard InChI is InChI=1S/C22H27ClN4O3/c1-11(2)7-17-20-14(13-6-5-12(23)8-15(13)24-20)9-18-21(29)25-16(22(30)27(17)18)10-19(28)26(3)4/h5-6,8,11,16-18,24H,7,9-10H2,1-4H3,(H,25,29)/t16-,17-,18-/m0/s1. The fraction of sp³-hybridized carbons (Fsp3) is 0.500. The normalized spacial score (nSPS) is 23.4. The molecule has 3 amide bonds. The van der Waals surface area contributed by atoms with Crippen LogP contribution in [0.2, 0.25) is 5.02 Å². The Morgan fingerprint density at radius 1 is 1.30 bits per heavy atom. The van der Waals surface area contributed by atoms with Gasteiger partial charge in [0.1, 0.15) is 12.1 Å². The molecule has 0 unspecified atom stereocenters. The molecule has 30 heavy (non-hydrogen) atoms. The van der Waals surface area contributed by atoms with Crippen LogP contribution in [0.15, 0.2) is 18.2 Å². The Balaban J connectivity index is 1.78. The average Bonchev–Trinajstić information content (AvgIpc) is 3.02. The summed E-state index contributed by atoms with van der Waals surface area (Å²) in [4.78, 5) is 45.3. The molecule has 0 aliphatic carbocycles. The van der Waals surface area contributed by atoms with Crippen molar-refractivity contribution in [1.29, 1.82) is 0 Å². The summed E-state index contributed by atoms with van der Waals surface area (Å²) in [5.41, 5.74) is 2.95. The summed E-state index contributed by atoms with van der Waals surface area (Å²) in [5, 5.41) is 4.47. The summed E-state index contributed by atoms with van der Waals surface area (Å²) in [5.74, 6) is -0.265. The SMILES string of the molecule is CC(C)C[C@H]1c2[nH]c3cc(Cl)ccc3c2C[C@H]2C(=O)N[C@@H](CC(=O)N(C)C)C(=O)N21. The van der Waals surface area contributed by atoms with Crippen LogP contribution in [0.5, 0.6) is 0 Å². The summed E-state index contributed by atoms with van der Waals surface area (Å²) >= 11 is 6.18. The van der Waals surface area contributed by atoms with Gasteiger partial charge in [-0.05, 0) is 30.0 Å². The number of hydrogen-bond donors (Lipinski definition) is 2. The molecule has 2 aliphatic rings. The highest BCUT2D eigenvalue weighted by molar-refractivity contribution is 6.31. The molecule has 0 saturated carbocycles. The van der Waals surface area contributed by atoms with Crippen molar-refractivity contribution in [3.63, 3.8) is 0 Å². The fourth-order valence-corrected chi connectivity index (χ4v) is 4.78. The van der Waals surface area contributed by atoms with Gasteiger partial charge in [0, 0.05) is 42.1 Å². The highest BCUT2D eigenvalue weighted by Gasteiger charge is 2.48. The number of H-pyrrole nitrogens is 1. The first-order valence-corrected chi connectivity index (χ1v) is 10.7. The van der Waals surface area contributed by atoms with Crippen LogP contribution in [0, 0.1) is 5.92 Å². The van der Waals surface area contributed by atoms with Gasteiger partial charge in [-0.15, -0.1) is 0 Å². The minimum Gasteiger partial charge on any atom is -0.356 e. The van der Waals surface area contributed by atoms with Crippen LogP contribution in [0.1, 0.15) is 44.0 Å².